The molecule has 1 aromatic heterocycles. The molecule has 460 valence electrons. The predicted octanol–water partition coefficient (Wildman–Crippen LogP) is 1.56. The predicted molar refractivity (Wildman–Crippen MR) is 295 cm³/mol. The van der Waals surface area contributed by atoms with Crippen molar-refractivity contribution in [2.24, 2.45) is 35.1 Å². The van der Waals surface area contributed by atoms with E-state index in [1.807, 2.05) is 6.92 Å². The monoisotopic (exact) mass is 1160 g/mol. The minimum atomic E-state index is -1.20. The highest BCUT2D eigenvalue weighted by atomic mass is 19.1. The van der Waals surface area contributed by atoms with Crippen LogP contribution in [0.1, 0.15) is 84.4 Å². The number of esters is 1. The topological polar surface area (TPSA) is 330 Å². The number of allylic oxidation sites excluding steroid dienone is 1. The molecule has 0 radical (unpaired) electrons. The van der Waals surface area contributed by atoms with Gasteiger partial charge in [0.2, 0.25) is 17.7 Å². The van der Waals surface area contributed by atoms with Crippen molar-refractivity contribution in [3.63, 3.8) is 0 Å². The fourth-order valence-corrected chi connectivity index (χ4v) is 9.26. The summed E-state index contributed by atoms with van der Waals surface area (Å²) in [5, 5.41) is 19.6. The largest absolute Gasteiger partial charge is 0.441 e. The minimum Gasteiger partial charge on any atom is -0.441 e. The maximum atomic E-state index is 15.5. The van der Waals surface area contributed by atoms with E-state index < -0.39 is 84.1 Å². The molecule has 1 aromatic rings. The Morgan fingerprint density at radius 1 is 0.790 bits per heavy atom. The van der Waals surface area contributed by atoms with E-state index in [0.29, 0.717) is 111 Å². The Hall–Kier alpha value is -5.23. The van der Waals surface area contributed by atoms with Gasteiger partial charge in [-0.25, -0.2) is 23.5 Å². The lowest BCUT2D eigenvalue weighted by atomic mass is 9.61. The van der Waals surface area contributed by atoms with Gasteiger partial charge in [-0.15, -0.1) is 6.58 Å². The van der Waals surface area contributed by atoms with Crippen LogP contribution >= 0.6 is 0 Å². The molecule has 2 bridgehead atoms. The summed E-state index contributed by atoms with van der Waals surface area (Å²) in [6.45, 7) is 16.5. The van der Waals surface area contributed by atoms with Crippen LogP contribution in [-0.2, 0) is 61.8 Å². The molecule has 2 unspecified atom stereocenters. The van der Waals surface area contributed by atoms with Crippen molar-refractivity contribution < 1.29 is 75.4 Å². The van der Waals surface area contributed by atoms with Crippen molar-refractivity contribution >= 4 is 41.1 Å². The number of primary amides is 1. The van der Waals surface area contributed by atoms with Crippen LogP contribution < -0.4 is 48.7 Å². The third kappa shape index (κ3) is 26.3. The van der Waals surface area contributed by atoms with Gasteiger partial charge in [-0.2, -0.15) is 0 Å². The summed E-state index contributed by atoms with van der Waals surface area (Å²) in [5.74, 6) is -4.17. The Labute approximate surface area is 474 Å². The highest BCUT2D eigenvalue weighted by Gasteiger charge is 2.49. The number of fused-ring (bicyclic) bond motifs is 3. The van der Waals surface area contributed by atoms with E-state index in [9.17, 15) is 28.4 Å². The van der Waals surface area contributed by atoms with Crippen molar-refractivity contribution in [3.8, 4) is 0 Å². The number of ether oxygens (including phenoxy) is 9. The highest BCUT2D eigenvalue weighted by Crippen LogP contribution is 2.47. The number of rotatable bonds is 46. The first-order chi connectivity index (χ1) is 39.3. The van der Waals surface area contributed by atoms with Crippen LogP contribution in [0.5, 0.6) is 0 Å². The van der Waals surface area contributed by atoms with Crippen LogP contribution in [0.2, 0.25) is 0 Å². The number of hydrogen-bond acceptors (Lipinski definition) is 20. The third-order valence-electron chi connectivity index (χ3n) is 13.7. The summed E-state index contributed by atoms with van der Waals surface area (Å²) in [4.78, 5) is 75.5. The van der Waals surface area contributed by atoms with Crippen LogP contribution in [0.15, 0.2) is 25.1 Å². The number of hydrogen-bond donors (Lipinski definition) is 9. The second-order valence-electron chi connectivity index (χ2n) is 20.0. The number of carbonyl (C=O) groups excluding carboxylic acids is 5. The number of urea groups is 1. The number of carbonyl (C=O) groups is 5. The van der Waals surface area contributed by atoms with Gasteiger partial charge in [0.15, 0.2) is 30.0 Å². The molecule has 4 fully saturated rings. The number of nitrogens with one attached hydrogen (secondary N) is 7. The molecule has 0 aromatic carbocycles. The molecule has 1 aliphatic heterocycles. The van der Waals surface area contributed by atoms with Crippen molar-refractivity contribution in [3.05, 3.63) is 36.7 Å². The van der Waals surface area contributed by atoms with Crippen molar-refractivity contribution in [1.82, 2.24) is 41.9 Å². The second-order valence-corrected chi connectivity index (χ2v) is 20.0. The molecule has 2 heterocycles. The van der Waals surface area contributed by atoms with E-state index in [1.54, 1.807) is 20.0 Å². The normalized spacial score (nSPS) is 20.6. The molecule has 5 rings (SSSR count). The number of halogens is 2. The first-order valence-electron chi connectivity index (χ1n) is 28.4. The van der Waals surface area contributed by atoms with Crippen LogP contribution in [0.4, 0.5) is 19.4 Å². The maximum Gasteiger partial charge on any atom is 0.313 e. The zero-order valence-corrected chi connectivity index (χ0v) is 47.5. The van der Waals surface area contributed by atoms with E-state index in [1.165, 1.54) is 6.08 Å². The molecule has 81 heavy (non-hydrogen) atoms. The standard InChI is InChI=1S/C54H91F2N11O14/c1-5-8-44(81-53(71)45-38-10-12-39(13-11-38)47(45)66-50-40(55)34-62-49(67-50)37(6-2)33-60-42-35-61-48(42)56)65-51(69)41(9-7-16-59-54(58)72)63-52(70)46(36(3)4)64-43(68)14-17-73-19-21-75-23-25-77-27-29-79-31-32-80-30-28-78-26-24-76-22-20-74-18-15-57/h5,33-34,36,38-39,41-42,44-48,60-61H,1,6-32,35,57H2,2-4H3,(H,63,70)(H,64,68)(H,65,69)(H3,58,59,72)(H,62,66,67)/b37-33+/t38?,39?,41-,42?,44?,45-,46-,47-,48-/m0/s1. The fraction of sp³-hybridized carbons (Fsp3) is 0.759. The Morgan fingerprint density at radius 3 is 1.84 bits per heavy atom. The zero-order chi connectivity index (χ0) is 58.6. The Balaban J connectivity index is 1.18. The summed E-state index contributed by atoms with van der Waals surface area (Å²) in [5.41, 5.74) is 11.3. The van der Waals surface area contributed by atoms with Gasteiger partial charge in [0.1, 0.15) is 12.1 Å². The first-order valence-corrected chi connectivity index (χ1v) is 28.4. The summed E-state index contributed by atoms with van der Waals surface area (Å²) < 4.78 is 79.0. The van der Waals surface area contributed by atoms with E-state index in [0.717, 1.165) is 31.9 Å². The first kappa shape index (κ1) is 68.3. The Kier molecular flexibility index (Phi) is 33.8. The van der Waals surface area contributed by atoms with Gasteiger partial charge in [0.05, 0.1) is 124 Å². The lowest BCUT2D eigenvalue weighted by molar-refractivity contribution is -0.163. The molecule has 1 saturated heterocycles. The van der Waals surface area contributed by atoms with Gasteiger partial charge in [-0.3, -0.25) is 24.5 Å². The lowest BCUT2D eigenvalue weighted by Gasteiger charge is -2.47. The number of nitrogens with zero attached hydrogens (tertiary/aromatic N) is 2. The maximum absolute atomic E-state index is 15.5. The number of anilines is 1. The van der Waals surface area contributed by atoms with E-state index >= 15 is 4.39 Å². The molecule has 3 aliphatic carbocycles. The van der Waals surface area contributed by atoms with Gasteiger partial charge < -0.3 is 86.0 Å². The summed E-state index contributed by atoms with van der Waals surface area (Å²) in [6, 6.07) is -3.98. The average molecular weight is 1160 g/mol. The van der Waals surface area contributed by atoms with Crippen LogP contribution in [0.25, 0.3) is 5.57 Å². The van der Waals surface area contributed by atoms with E-state index in [2.05, 4.69) is 53.8 Å². The highest BCUT2D eigenvalue weighted by molar-refractivity contribution is 5.92. The smallest absolute Gasteiger partial charge is 0.313 e. The molecule has 0 spiro atoms. The molecule has 11 N–H and O–H groups in total. The number of alkyl halides is 1. The minimum absolute atomic E-state index is 0.00942. The van der Waals surface area contributed by atoms with Crippen LogP contribution in [0, 0.1) is 29.5 Å². The van der Waals surface area contributed by atoms with Gasteiger partial charge in [0.25, 0.3) is 0 Å². The molecule has 27 heteroatoms. The number of amides is 5. The molecule has 25 nitrogen and oxygen atoms in total. The average Bonchev–Trinajstić information content (AvgIpc) is 3.59. The summed E-state index contributed by atoms with van der Waals surface area (Å²) in [7, 11) is 0. The van der Waals surface area contributed by atoms with E-state index in [4.69, 9.17) is 54.1 Å². The Morgan fingerprint density at radius 2 is 1.35 bits per heavy atom. The van der Waals surface area contributed by atoms with Gasteiger partial charge >= 0.3 is 12.0 Å². The van der Waals surface area contributed by atoms with Crippen molar-refractivity contribution in [2.45, 2.75) is 115 Å². The molecule has 7 atom stereocenters. The van der Waals surface area contributed by atoms with E-state index in [-0.39, 0.29) is 75.5 Å². The molecular formula is C54H91F2N11O14. The third-order valence-corrected chi connectivity index (χ3v) is 13.7. The number of aromatic nitrogens is 2. The van der Waals surface area contributed by atoms with Crippen molar-refractivity contribution in [1.29, 1.82) is 0 Å². The van der Waals surface area contributed by atoms with Gasteiger partial charge in [-0.05, 0) is 62.7 Å². The van der Waals surface area contributed by atoms with Gasteiger partial charge in [-0.1, -0.05) is 26.8 Å². The molecule has 3 saturated carbocycles. The zero-order valence-electron chi connectivity index (χ0n) is 47.5. The van der Waals surface area contributed by atoms with Crippen LogP contribution in [-0.4, -0.2) is 202 Å². The quantitative estimate of drug-likeness (QED) is 0.0147. The lowest BCUT2D eigenvalue weighted by Crippen LogP contribution is -2.60. The Bertz CT molecular complexity index is 2050. The molecule has 4 aliphatic rings. The molecular weight excluding hydrogens is 1060 g/mol. The van der Waals surface area contributed by atoms with Crippen molar-refractivity contribution in [2.75, 3.05) is 131 Å². The fourth-order valence-electron chi connectivity index (χ4n) is 9.26. The number of nitrogens with two attached hydrogens (primary N) is 2. The SMILES string of the molecule is C=CCC(NC(=O)[C@H](CCCNC(N)=O)NC(=O)[C@@H](NC(=O)CCOCCOCCOCCOCCOCCOCCOCCOCCN)C(C)C)OC(=O)[C@H]1C2CCC(CC2)[C@@H]1Nc1nc(/C(=C/NC2CN[C@@H]2F)CC)ncc1F. The second kappa shape index (κ2) is 40.1. The summed E-state index contributed by atoms with van der Waals surface area (Å²) in [6.07, 6.45) is 5.58. The van der Waals surface area contributed by atoms with Gasteiger partial charge in [0, 0.05) is 50.3 Å². The van der Waals surface area contributed by atoms with Crippen LogP contribution in [0.3, 0.4) is 0 Å². The molecule has 5 amide bonds. The summed E-state index contributed by atoms with van der Waals surface area (Å²) >= 11 is 0.